The van der Waals surface area contributed by atoms with Gasteiger partial charge in [0.1, 0.15) is 12.4 Å². The van der Waals surface area contributed by atoms with Gasteiger partial charge in [0.15, 0.2) is 6.29 Å². The van der Waals surface area contributed by atoms with Gasteiger partial charge in [0.05, 0.1) is 9.13 Å². The molecule has 0 amide bonds. The topological polar surface area (TPSA) is 26.3 Å². The molecule has 0 saturated heterocycles. The summed E-state index contributed by atoms with van der Waals surface area (Å²) in [6.07, 6.45) is 0.843. The molecule has 0 saturated carbocycles. The third-order valence-electron chi connectivity index (χ3n) is 2.63. The van der Waals surface area contributed by atoms with Crippen molar-refractivity contribution in [2.75, 3.05) is 0 Å². The number of carbonyl (C=O) groups is 1. The molecule has 19 heavy (non-hydrogen) atoms. The molecule has 2 rings (SSSR count). The van der Waals surface area contributed by atoms with E-state index in [9.17, 15) is 4.79 Å². The van der Waals surface area contributed by atoms with E-state index in [0.29, 0.717) is 17.9 Å². The molecule has 0 N–H and O–H groups in total. The summed E-state index contributed by atoms with van der Waals surface area (Å²) >= 11 is 4.39. The third-order valence-corrected chi connectivity index (χ3v) is 4.05. The van der Waals surface area contributed by atoms with Crippen LogP contribution >= 0.6 is 45.2 Å². The summed E-state index contributed by atoms with van der Waals surface area (Å²) in [7, 11) is 0. The minimum Gasteiger partial charge on any atom is -0.487 e. The molecule has 2 aromatic rings. The Morgan fingerprint density at radius 1 is 1.21 bits per heavy atom. The van der Waals surface area contributed by atoms with Gasteiger partial charge in [-0.1, -0.05) is 29.8 Å². The van der Waals surface area contributed by atoms with E-state index < -0.39 is 0 Å². The Kier molecular flexibility index (Phi) is 5.20. The Labute approximate surface area is 139 Å². The second kappa shape index (κ2) is 6.69. The highest BCUT2D eigenvalue weighted by Crippen LogP contribution is 2.28. The molecule has 4 heteroatoms. The average molecular weight is 478 g/mol. The molecular formula is C15H12I2O2. The first kappa shape index (κ1) is 14.8. The SMILES string of the molecule is Cc1cccc(COc2c(I)cc(I)cc2C=O)c1. The van der Waals surface area contributed by atoms with Crippen molar-refractivity contribution in [1.82, 2.24) is 0 Å². The van der Waals surface area contributed by atoms with Crippen LogP contribution in [0.4, 0.5) is 0 Å². The Hall–Kier alpha value is -0.630. The van der Waals surface area contributed by atoms with Crippen LogP contribution in [0.1, 0.15) is 21.5 Å². The zero-order valence-corrected chi connectivity index (χ0v) is 14.6. The summed E-state index contributed by atoms with van der Waals surface area (Å²) in [5.41, 5.74) is 2.91. The predicted molar refractivity (Wildman–Crippen MR) is 92.8 cm³/mol. The lowest BCUT2D eigenvalue weighted by molar-refractivity contribution is 0.111. The first-order chi connectivity index (χ1) is 9.10. The van der Waals surface area contributed by atoms with Gasteiger partial charge in [-0.3, -0.25) is 4.79 Å². The fourth-order valence-corrected chi connectivity index (χ4v) is 3.82. The highest BCUT2D eigenvalue weighted by atomic mass is 127. The molecule has 2 nitrogen and oxygen atoms in total. The molecule has 0 aliphatic heterocycles. The monoisotopic (exact) mass is 478 g/mol. The first-order valence-electron chi connectivity index (χ1n) is 5.72. The van der Waals surface area contributed by atoms with Crippen molar-refractivity contribution in [3.63, 3.8) is 0 Å². The number of benzene rings is 2. The zero-order chi connectivity index (χ0) is 13.8. The Morgan fingerprint density at radius 2 is 2.00 bits per heavy atom. The molecule has 0 unspecified atom stereocenters. The maximum absolute atomic E-state index is 11.1. The Bertz CT molecular complexity index is 609. The van der Waals surface area contributed by atoms with Crippen LogP contribution in [0.3, 0.4) is 0 Å². The van der Waals surface area contributed by atoms with Crippen molar-refractivity contribution < 1.29 is 9.53 Å². The number of rotatable bonds is 4. The minimum absolute atomic E-state index is 0.471. The van der Waals surface area contributed by atoms with E-state index in [0.717, 1.165) is 19.0 Å². The third kappa shape index (κ3) is 3.92. The molecule has 0 spiro atoms. The molecule has 0 aliphatic carbocycles. The quantitative estimate of drug-likeness (QED) is 0.475. The molecule has 0 aromatic heterocycles. The summed E-state index contributed by atoms with van der Waals surface area (Å²) in [6, 6.07) is 12.0. The number of ether oxygens (including phenoxy) is 1. The van der Waals surface area contributed by atoms with Crippen LogP contribution in [0.15, 0.2) is 36.4 Å². The van der Waals surface area contributed by atoms with E-state index in [4.69, 9.17) is 4.74 Å². The zero-order valence-electron chi connectivity index (χ0n) is 10.3. The van der Waals surface area contributed by atoms with Crippen LogP contribution in [-0.2, 0) is 6.61 Å². The van der Waals surface area contributed by atoms with Crippen LogP contribution in [0.25, 0.3) is 0 Å². The van der Waals surface area contributed by atoms with E-state index in [-0.39, 0.29) is 0 Å². The molecule has 0 aliphatic rings. The van der Waals surface area contributed by atoms with Crippen LogP contribution in [-0.4, -0.2) is 6.29 Å². The van der Waals surface area contributed by atoms with Gasteiger partial charge < -0.3 is 4.74 Å². The standard InChI is InChI=1S/C15H12I2O2/c1-10-3-2-4-11(5-10)9-19-15-12(8-18)6-13(16)7-14(15)17/h2-8H,9H2,1H3. The largest absolute Gasteiger partial charge is 0.487 e. The Balaban J connectivity index is 2.22. The molecule has 0 fully saturated rings. The fourth-order valence-electron chi connectivity index (χ4n) is 1.78. The maximum atomic E-state index is 11.1. The van der Waals surface area contributed by atoms with E-state index >= 15 is 0 Å². The number of carbonyl (C=O) groups excluding carboxylic acids is 1. The lowest BCUT2D eigenvalue weighted by atomic mass is 10.1. The second-order valence-electron chi connectivity index (χ2n) is 4.20. The summed E-state index contributed by atoms with van der Waals surface area (Å²) < 4.78 is 7.80. The van der Waals surface area contributed by atoms with Gasteiger partial charge in [-0.05, 0) is 69.8 Å². The summed E-state index contributed by atoms with van der Waals surface area (Å²) in [6.45, 7) is 2.52. The van der Waals surface area contributed by atoms with Crippen molar-refractivity contribution >= 4 is 51.5 Å². The van der Waals surface area contributed by atoms with Crippen LogP contribution in [0.5, 0.6) is 5.75 Å². The smallest absolute Gasteiger partial charge is 0.153 e. The minimum atomic E-state index is 0.471. The normalized spacial score (nSPS) is 10.3. The summed E-state index contributed by atoms with van der Waals surface area (Å²) in [5, 5.41) is 0. The maximum Gasteiger partial charge on any atom is 0.153 e. The lowest BCUT2D eigenvalue weighted by Gasteiger charge is -2.11. The number of hydrogen-bond donors (Lipinski definition) is 0. The van der Waals surface area contributed by atoms with Crippen molar-refractivity contribution in [3.8, 4) is 5.75 Å². The molecule has 0 radical (unpaired) electrons. The predicted octanol–water partition coefficient (Wildman–Crippen LogP) is 4.60. The van der Waals surface area contributed by atoms with Crippen molar-refractivity contribution in [2.45, 2.75) is 13.5 Å². The van der Waals surface area contributed by atoms with Crippen LogP contribution in [0.2, 0.25) is 0 Å². The number of halogens is 2. The van der Waals surface area contributed by atoms with Crippen molar-refractivity contribution in [3.05, 3.63) is 60.2 Å². The van der Waals surface area contributed by atoms with Gasteiger partial charge in [-0.2, -0.15) is 0 Å². The van der Waals surface area contributed by atoms with E-state index in [1.807, 2.05) is 24.3 Å². The highest BCUT2D eigenvalue weighted by Gasteiger charge is 2.09. The average Bonchev–Trinajstić information content (AvgIpc) is 2.37. The van der Waals surface area contributed by atoms with Gasteiger partial charge in [0.25, 0.3) is 0 Å². The molecule has 98 valence electrons. The molecule has 0 atom stereocenters. The first-order valence-corrected chi connectivity index (χ1v) is 7.88. The van der Waals surface area contributed by atoms with Crippen LogP contribution < -0.4 is 4.74 Å². The van der Waals surface area contributed by atoms with Gasteiger partial charge in [-0.15, -0.1) is 0 Å². The molecular weight excluding hydrogens is 466 g/mol. The number of aldehydes is 1. The highest BCUT2D eigenvalue weighted by molar-refractivity contribution is 14.1. The molecule has 0 bridgehead atoms. The Morgan fingerprint density at radius 3 is 2.68 bits per heavy atom. The second-order valence-corrected chi connectivity index (χ2v) is 6.61. The van der Waals surface area contributed by atoms with Crippen molar-refractivity contribution in [2.24, 2.45) is 0 Å². The summed E-state index contributed by atoms with van der Waals surface area (Å²) in [4.78, 5) is 11.1. The molecule has 2 aromatic carbocycles. The van der Waals surface area contributed by atoms with Gasteiger partial charge in [0.2, 0.25) is 0 Å². The van der Waals surface area contributed by atoms with E-state index in [1.54, 1.807) is 0 Å². The van der Waals surface area contributed by atoms with E-state index in [1.165, 1.54) is 5.56 Å². The van der Waals surface area contributed by atoms with Gasteiger partial charge in [0, 0.05) is 3.57 Å². The van der Waals surface area contributed by atoms with Crippen molar-refractivity contribution in [1.29, 1.82) is 0 Å². The summed E-state index contributed by atoms with van der Waals surface area (Å²) in [5.74, 6) is 0.664. The fraction of sp³-hybridized carbons (Fsp3) is 0.133. The van der Waals surface area contributed by atoms with Gasteiger partial charge >= 0.3 is 0 Å². The molecule has 0 heterocycles. The number of hydrogen-bond acceptors (Lipinski definition) is 2. The van der Waals surface area contributed by atoms with Crippen LogP contribution in [0, 0.1) is 14.1 Å². The van der Waals surface area contributed by atoms with Gasteiger partial charge in [-0.25, -0.2) is 0 Å². The number of aryl methyl sites for hydroxylation is 1. The van der Waals surface area contributed by atoms with E-state index in [2.05, 4.69) is 64.2 Å². The lowest BCUT2D eigenvalue weighted by Crippen LogP contribution is -2.01.